The number of nitrogens with two attached hydrogens (primary N) is 2. The van der Waals surface area contributed by atoms with Gasteiger partial charge in [0.2, 0.25) is 18.6 Å². The maximum absolute atomic E-state index is 12.2. The van der Waals surface area contributed by atoms with E-state index < -0.39 is 0 Å². The van der Waals surface area contributed by atoms with E-state index in [9.17, 15) is 19.2 Å². The molecule has 5 saturated heterocycles. The maximum Gasteiger partial charge on any atom is 0.340 e. The molecule has 3 aromatic heterocycles. The highest BCUT2D eigenvalue weighted by Crippen LogP contribution is 2.35. The zero-order valence-corrected chi connectivity index (χ0v) is 45.4. The van der Waals surface area contributed by atoms with Crippen LogP contribution in [0.4, 0.5) is 5.69 Å². The minimum atomic E-state index is -0.327. The molecule has 1 spiro atoms. The van der Waals surface area contributed by atoms with Crippen molar-refractivity contribution in [3.05, 3.63) is 147 Å². The van der Waals surface area contributed by atoms with Crippen molar-refractivity contribution in [2.75, 3.05) is 96.9 Å². The fraction of sp³-hybridized carbons (Fsp3) is 0.474. The minimum absolute atomic E-state index is 0.120. The molecule has 1 atom stereocenters. The van der Waals surface area contributed by atoms with E-state index in [0.717, 1.165) is 164 Å². The number of nitrogens with zero attached hydrogens (tertiary/aromatic N) is 6. The van der Waals surface area contributed by atoms with Gasteiger partial charge >= 0.3 is 5.69 Å². The number of rotatable bonds is 10. The summed E-state index contributed by atoms with van der Waals surface area (Å²) < 4.78 is 12.1. The third-order valence-electron chi connectivity index (χ3n) is 14.7. The fourth-order valence-electron chi connectivity index (χ4n) is 10.4. The first kappa shape index (κ1) is 58.0. The highest BCUT2D eigenvalue weighted by Gasteiger charge is 2.49. The van der Waals surface area contributed by atoms with Crippen molar-refractivity contribution in [2.24, 2.45) is 11.5 Å². The van der Waals surface area contributed by atoms with Crippen LogP contribution in [-0.4, -0.2) is 149 Å². The third-order valence-corrected chi connectivity index (χ3v) is 14.7. The number of amides is 2. The molecule has 22 nitrogen and oxygen atoms in total. The first-order chi connectivity index (χ1) is 38.7. The molecule has 5 fully saturated rings. The van der Waals surface area contributed by atoms with Gasteiger partial charge in [-0.2, -0.15) is 10.2 Å². The summed E-state index contributed by atoms with van der Waals surface area (Å²) in [5, 5.41) is 26.6. The van der Waals surface area contributed by atoms with Gasteiger partial charge in [-0.1, -0.05) is 54.6 Å². The summed E-state index contributed by atoms with van der Waals surface area (Å²) in [4.78, 5) is 57.6. The number of piperazine rings is 1. The van der Waals surface area contributed by atoms with Crippen LogP contribution in [0.15, 0.2) is 113 Å². The molecule has 22 heteroatoms. The molecular formula is C57H80N16O6. The second-order valence-corrected chi connectivity index (χ2v) is 20.1. The summed E-state index contributed by atoms with van der Waals surface area (Å²) in [6, 6.07) is 31.8. The van der Waals surface area contributed by atoms with Gasteiger partial charge in [-0.3, -0.25) is 24.3 Å². The molecule has 0 bridgehead atoms. The number of ether oxygens (including phenoxy) is 2. The number of carbonyl (C=O) groups excluding carboxylic acids is 2. The Kier molecular flexibility index (Phi) is 22.2. The number of anilines is 1. The smallest absolute Gasteiger partial charge is 0.340 e. The number of H-pyrrole nitrogens is 3. The average Bonchev–Trinajstić information content (AvgIpc) is 4.41. The number of para-hydroxylation sites is 1. The number of fused-ring (bicyclic) bond motifs is 2. The highest BCUT2D eigenvalue weighted by atomic mass is 16.7. The van der Waals surface area contributed by atoms with Crippen LogP contribution >= 0.6 is 0 Å². The van der Waals surface area contributed by atoms with E-state index in [4.69, 9.17) is 20.9 Å². The molecule has 2 amide bonds. The largest absolute Gasteiger partial charge is 0.454 e. The predicted molar refractivity (Wildman–Crippen MR) is 305 cm³/mol. The lowest BCUT2D eigenvalue weighted by molar-refractivity contribution is -0.127. The van der Waals surface area contributed by atoms with Crippen LogP contribution in [0.1, 0.15) is 73.6 Å². The van der Waals surface area contributed by atoms with Gasteiger partial charge in [-0.05, 0) is 112 Å². The number of likely N-dealkylation sites (tertiary alicyclic amines) is 1. The first-order valence-electron chi connectivity index (χ1n) is 27.9. The summed E-state index contributed by atoms with van der Waals surface area (Å²) >= 11 is 0. The molecule has 13 rings (SSSR count). The van der Waals surface area contributed by atoms with E-state index in [2.05, 4.69) is 92.0 Å². The number of aromatic amines is 3. The second kappa shape index (κ2) is 30.3. The zero-order chi connectivity index (χ0) is 55.1. The zero-order valence-electron chi connectivity index (χ0n) is 45.4. The Hall–Kier alpha value is -7.18. The van der Waals surface area contributed by atoms with Gasteiger partial charge in [-0.15, -0.1) is 0 Å². The van der Waals surface area contributed by atoms with Crippen molar-refractivity contribution in [3.8, 4) is 22.8 Å². The van der Waals surface area contributed by atoms with Gasteiger partial charge < -0.3 is 62.3 Å². The van der Waals surface area contributed by atoms with Gasteiger partial charge in [-0.25, -0.2) is 14.6 Å². The van der Waals surface area contributed by atoms with Gasteiger partial charge in [0.15, 0.2) is 11.5 Å². The molecule has 10 heterocycles. The van der Waals surface area contributed by atoms with Gasteiger partial charge in [0.05, 0.1) is 24.9 Å². The van der Waals surface area contributed by atoms with Crippen molar-refractivity contribution in [1.82, 2.24) is 66.3 Å². The van der Waals surface area contributed by atoms with Crippen molar-refractivity contribution in [2.45, 2.75) is 82.6 Å². The lowest BCUT2D eigenvalue weighted by Crippen LogP contribution is -2.55. The molecule has 79 heavy (non-hydrogen) atoms. The molecular weight excluding hydrogens is 1000 g/mol. The molecule has 3 aromatic carbocycles. The number of hydrogen-bond acceptors (Lipinski definition) is 16. The average molecular weight is 1090 g/mol. The lowest BCUT2D eigenvalue weighted by Gasteiger charge is -2.40. The van der Waals surface area contributed by atoms with Crippen molar-refractivity contribution in [1.29, 1.82) is 0 Å². The fourth-order valence-corrected chi connectivity index (χ4v) is 10.4. The van der Waals surface area contributed by atoms with E-state index >= 15 is 0 Å². The normalized spacial score (nSPS) is 18.7. The Balaban J connectivity index is 0.000000127. The molecule has 6 aromatic rings. The summed E-state index contributed by atoms with van der Waals surface area (Å²) in [5.74, 6) is 2.96. The van der Waals surface area contributed by atoms with Crippen LogP contribution in [0, 0.1) is 0 Å². The van der Waals surface area contributed by atoms with Crippen molar-refractivity contribution in [3.63, 3.8) is 0 Å². The Morgan fingerprint density at radius 3 is 2.20 bits per heavy atom. The molecule has 0 saturated carbocycles. The minimum Gasteiger partial charge on any atom is -0.454 e. The maximum atomic E-state index is 12.2. The van der Waals surface area contributed by atoms with Crippen LogP contribution in [0.5, 0.6) is 11.5 Å². The van der Waals surface area contributed by atoms with Crippen LogP contribution in [0.3, 0.4) is 0 Å². The number of piperidine rings is 1. The van der Waals surface area contributed by atoms with Crippen LogP contribution in [-0.2, 0) is 35.6 Å². The molecule has 0 aliphatic carbocycles. The topological polar surface area (TPSA) is 287 Å². The number of aromatic nitrogens is 6. The van der Waals surface area contributed by atoms with Gasteiger partial charge in [0.1, 0.15) is 11.4 Å². The first-order valence-corrected chi connectivity index (χ1v) is 27.9. The van der Waals surface area contributed by atoms with Crippen molar-refractivity contribution < 1.29 is 19.1 Å². The van der Waals surface area contributed by atoms with Crippen LogP contribution < -0.4 is 63.7 Å². The third kappa shape index (κ3) is 16.7. The highest BCUT2D eigenvalue weighted by molar-refractivity contribution is 5.93. The van der Waals surface area contributed by atoms with Crippen LogP contribution in [0.2, 0.25) is 0 Å². The number of hydrogen-bond donors (Lipinski definition) is 10. The molecule has 0 radical (unpaired) electrons. The lowest BCUT2D eigenvalue weighted by atomic mass is 9.86. The van der Waals surface area contributed by atoms with Crippen LogP contribution in [0.25, 0.3) is 11.3 Å². The quantitative estimate of drug-likeness (QED) is 0.0944. The molecule has 7 aliphatic heterocycles. The summed E-state index contributed by atoms with van der Waals surface area (Å²) in [6.07, 6.45) is 9.85. The van der Waals surface area contributed by atoms with Gasteiger partial charge in [0.25, 0.3) is 5.56 Å². The molecule has 1 unspecified atom stereocenters. The monoisotopic (exact) mass is 1080 g/mol. The predicted octanol–water partition coefficient (Wildman–Crippen LogP) is 2.53. The Morgan fingerprint density at radius 1 is 0.734 bits per heavy atom. The molecule has 12 N–H and O–H groups in total. The number of nitrogens with one attached hydrogen (secondary N) is 8. The molecule has 7 aliphatic rings. The van der Waals surface area contributed by atoms with Gasteiger partial charge in [0, 0.05) is 107 Å². The summed E-state index contributed by atoms with van der Waals surface area (Å²) in [5.41, 5.74) is 17.1. The Bertz CT molecular complexity index is 2870. The summed E-state index contributed by atoms with van der Waals surface area (Å²) in [7, 11) is 0. The standard InChI is InChI=1S/C13H17N3O.C12H13N3O.C12H16N2O2.C7H14N2O.C7H10N2.C6H10N4O/c17-12-13(6-8-14-9-7-13)16(10-15-12)11-4-2-1-3-5-11;13-8-9-15-12(16)7-6-11(14-15)10-4-2-1-3-5-10;1-2-11-12(16-9-15-11)7-10(1)8-14-5-3-13-4-6-14;8-4-2-6-9-5-1-3-7(9)10;1-4-9-7-2-3-8-5-6(1)7;11-6-8-5(9-10-6)4-2-1-3-7-4/h1-5,14H,6-10H2,(H,15,17);1-7H,8-9,13H2;1-2,7,13H,3-6,8-9H2;1-6,8H2;1,4,8-9H,2-3,5H2;4,7H,1-3H2,(H2,8,9,10,11). The number of benzene rings is 3. The van der Waals surface area contributed by atoms with E-state index in [1.54, 1.807) is 6.07 Å². The second-order valence-electron chi connectivity index (χ2n) is 20.1. The SMILES string of the molecule is NCCCN1CCCC1=O.NCCn1nc(-c2ccccc2)ccc1=O.O=C1NCN(c2ccccc2)C12CCNCC2.O=c1[nH]nc(C2CCCN2)[nH]1.c1cc2c([nH]1)CCNC2.c1cc2c(cc1CN1CCNCC1)OCO2. The summed E-state index contributed by atoms with van der Waals surface area (Å²) in [6.45, 7) is 14.7. The van der Waals surface area contributed by atoms with E-state index in [1.807, 2.05) is 65.7 Å². The van der Waals surface area contributed by atoms with E-state index in [0.29, 0.717) is 39.0 Å². The van der Waals surface area contributed by atoms with E-state index in [1.165, 1.54) is 27.6 Å². The molecule has 424 valence electrons. The van der Waals surface area contributed by atoms with Crippen molar-refractivity contribution >= 4 is 17.5 Å². The Labute approximate surface area is 461 Å². The van der Waals surface area contributed by atoms with E-state index in [-0.39, 0.29) is 28.7 Å². The number of carbonyl (C=O) groups is 2. The Morgan fingerprint density at radius 2 is 1.51 bits per heavy atom.